The summed E-state index contributed by atoms with van der Waals surface area (Å²) in [6.07, 6.45) is 1.00. The number of hydrogen-bond donors (Lipinski definition) is 0. The molecule has 34 heavy (non-hydrogen) atoms. The number of halogens is 1. The monoisotopic (exact) mass is 505 g/mol. The minimum atomic E-state index is -3.73. The van der Waals surface area contributed by atoms with Crippen molar-refractivity contribution in [3.8, 4) is 0 Å². The maximum absolute atomic E-state index is 14.6. The number of amides is 1. The van der Waals surface area contributed by atoms with Gasteiger partial charge in [-0.15, -0.1) is 0 Å². The van der Waals surface area contributed by atoms with Crippen LogP contribution in [0.4, 0.5) is 4.39 Å². The first-order valence-corrected chi connectivity index (χ1v) is 13.1. The van der Waals surface area contributed by atoms with E-state index in [4.69, 9.17) is 4.74 Å². The molecule has 1 atom stereocenters. The Labute approximate surface area is 200 Å². The molecule has 1 saturated heterocycles. The molecule has 3 aromatic rings. The number of ether oxygens (including phenoxy) is 1. The van der Waals surface area contributed by atoms with E-state index in [1.54, 1.807) is 37.3 Å². The zero-order valence-electron chi connectivity index (χ0n) is 18.5. The lowest BCUT2D eigenvalue weighted by atomic mass is 9.99. The molecular weight excluding hydrogens is 481 g/mol. The smallest absolute Gasteiger partial charge is 0.326 e. The van der Waals surface area contributed by atoms with Crippen molar-refractivity contribution in [1.82, 2.24) is 8.87 Å². The van der Waals surface area contributed by atoms with Crippen LogP contribution in [-0.4, -0.2) is 48.9 Å². The van der Waals surface area contributed by atoms with Crippen LogP contribution in [0.25, 0.3) is 10.2 Å². The quantitative estimate of drug-likeness (QED) is 0.480. The number of esters is 1. The van der Waals surface area contributed by atoms with Crippen LogP contribution in [0, 0.1) is 11.7 Å². The third-order valence-electron chi connectivity index (χ3n) is 5.56. The molecule has 0 aliphatic carbocycles. The normalized spacial score (nSPS) is 17.7. The van der Waals surface area contributed by atoms with E-state index in [2.05, 4.69) is 4.99 Å². The van der Waals surface area contributed by atoms with Gasteiger partial charge in [0.1, 0.15) is 12.4 Å². The zero-order valence-corrected chi connectivity index (χ0v) is 20.1. The minimum Gasteiger partial charge on any atom is -0.465 e. The van der Waals surface area contributed by atoms with Gasteiger partial charge < -0.3 is 9.30 Å². The summed E-state index contributed by atoms with van der Waals surface area (Å²) in [6, 6.07) is 12.6. The molecule has 1 aliphatic rings. The second-order valence-electron chi connectivity index (χ2n) is 7.83. The van der Waals surface area contributed by atoms with Gasteiger partial charge in [-0.25, -0.2) is 12.8 Å². The third-order valence-corrected chi connectivity index (χ3v) is 8.49. The molecule has 0 bridgehead atoms. The lowest BCUT2D eigenvalue weighted by Gasteiger charge is -2.30. The SMILES string of the molecule is CCOC(=O)Cn1c(=NC(=O)C2CCCN(S(=O)(=O)c3ccccc3)C2)sc2cccc(F)c21. The lowest BCUT2D eigenvalue weighted by molar-refractivity contribution is -0.143. The Kier molecular flexibility index (Phi) is 7.24. The van der Waals surface area contributed by atoms with E-state index in [1.807, 2.05) is 0 Å². The lowest BCUT2D eigenvalue weighted by Crippen LogP contribution is -2.42. The Bertz CT molecular complexity index is 1380. The molecule has 1 unspecified atom stereocenters. The highest BCUT2D eigenvalue weighted by atomic mass is 32.2. The van der Waals surface area contributed by atoms with E-state index in [0.29, 0.717) is 24.1 Å². The van der Waals surface area contributed by atoms with Crippen LogP contribution < -0.4 is 4.80 Å². The minimum absolute atomic E-state index is 0.0106. The standard InChI is InChI=1S/C23H24FN3O5S2/c1-2-32-20(28)15-27-21-18(24)11-6-12-19(21)33-23(27)25-22(29)16-8-7-13-26(14-16)34(30,31)17-9-4-3-5-10-17/h3-6,9-12,16H,2,7-8,13-15H2,1H3. The second-order valence-corrected chi connectivity index (χ2v) is 10.8. The fraction of sp³-hybridized carbons (Fsp3) is 0.348. The van der Waals surface area contributed by atoms with Gasteiger partial charge in [0, 0.05) is 13.1 Å². The first-order valence-electron chi connectivity index (χ1n) is 10.9. The maximum Gasteiger partial charge on any atom is 0.326 e. The number of benzene rings is 2. The fourth-order valence-corrected chi connectivity index (χ4v) is 6.54. The van der Waals surface area contributed by atoms with Crippen LogP contribution in [0.5, 0.6) is 0 Å². The molecule has 0 N–H and O–H groups in total. The molecule has 0 radical (unpaired) electrons. The molecule has 180 valence electrons. The second kappa shape index (κ2) is 10.2. The molecule has 0 saturated carbocycles. The molecule has 1 aromatic heterocycles. The van der Waals surface area contributed by atoms with Crippen molar-refractivity contribution in [2.75, 3.05) is 19.7 Å². The van der Waals surface area contributed by atoms with Gasteiger partial charge in [-0.3, -0.25) is 9.59 Å². The van der Waals surface area contributed by atoms with Crippen molar-refractivity contribution in [2.24, 2.45) is 10.9 Å². The van der Waals surface area contributed by atoms with Crippen LogP contribution >= 0.6 is 11.3 Å². The summed E-state index contributed by atoms with van der Waals surface area (Å²) >= 11 is 1.09. The van der Waals surface area contributed by atoms with Crippen molar-refractivity contribution < 1.29 is 27.1 Å². The highest BCUT2D eigenvalue weighted by molar-refractivity contribution is 7.89. The summed E-state index contributed by atoms with van der Waals surface area (Å²) in [7, 11) is -3.73. The molecule has 1 amide bonds. The number of piperidine rings is 1. The first kappa shape index (κ1) is 24.2. The number of thiazole rings is 1. The van der Waals surface area contributed by atoms with E-state index in [-0.39, 0.29) is 34.9 Å². The topological polar surface area (TPSA) is 98.0 Å². The van der Waals surface area contributed by atoms with Gasteiger partial charge in [0.2, 0.25) is 10.0 Å². The number of hydrogen-bond acceptors (Lipinski definition) is 6. The van der Waals surface area contributed by atoms with Crippen molar-refractivity contribution in [1.29, 1.82) is 0 Å². The molecule has 0 spiro atoms. The highest BCUT2D eigenvalue weighted by Gasteiger charge is 2.33. The Hall–Kier alpha value is -2.89. The molecule has 2 aromatic carbocycles. The van der Waals surface area contributed by atoms with Gasteiger partial charge in [-0.05, 0) is 44.0 Å². The maximum atomic E-state index is 14.6. The van der Waals surface area contributed by atoms with Crippen molar-refractivity contribution in [3.05, 3.63) is 59.1 Å². The van der Waals surface area contributed by atoms with E-state index < -0.39 is 33.6 Å². The Morgan fingerprint density at radius 1 is 1.18 bits per heavy atom. The van der Waals surface area contributed by atoms with Gasteiger partial charge in [-0.2, -0.15) is 9.30 Å². The fourth-order valence-electron chi connectivity index (χ4n) is 3.94. The number of carbonyl (C=O) groups excluding carboxylic acids is 2. The number of sulfonamides is 1. The highest BCUT2D eigenvalue weighted by Crippen LogP contribution is 2.25. The van der Waals surface area contributed by atoms with Crippen molar-refractivity contribution in [3.63, 3.8) is 0 Å². The van der Waals surface area contributed by atoms with Crippen LogP contribution in [0.15, 0.2) is 58.4 Å². The summed E-state index contributed by atoms with van der Waals surface area (Å²) in [5.74, 6) is -2.25. The van der Waals surface area contributed by atoms with Crippen LogP contribution in [-0.2, 0) is 30.9 Å². The molecule has 1 aliphatic heterocycles. The molecule has 8 nitrogen and oxygen atoms in total. The molecule has 11 heteroatoms. The first-order chi connectivity index (χ1) is 16.3. The van der Waals surface area contributed by atoms with Crippen LogP contribution in [0.3, 0.4) is 0 Å². The largest absolute Gasteiger partial charge is 0.465 e. The number of nitrogens with zero attached hydrogens (tertiary/aromatic N) is 3. The number of rotatable bonds is 6. The predicted molar refractivity (Wildman–Crippen MR) is 125 cm³/mol. The summed E-state index contributed by atoms with van der Waals surface area (Å²) in [4.78, 5) is 29.8. The Morgan fingerprint density at radius 2 is 1.94 bits per heavy atom. The van der Waals surface area contributed by atoms with E-state index in [9.17, 15) is 22.4 Å². The van der Waals surface area contributed by atoms with E-state index in [0.717, 1.165) is 11.3 Å². The van der Waals surface area contributed by atoms with Gasteiger partial charge >= 0.3 is 5.97 Å². The number of aromatic nitrogens is 1. The molecule has 1 fully saturated rings. The summed E-state index contributed by atoms with van der Waals surface area (Å²) in [5, 5.41) is 0. The molecular formula is C23H24FN3O5S2. The average Bonchev–Trinajstić information content (AvgIpc) is 3.17. The van der Waals surface area contributed by atoms with Gasteiger partial charge in [0.05, 0.1) is 27.6 Å². The third kappa shape index (κ3) is 4.96. The predicted octanol–water partition coefficient (Wildman–Crippen LogP) is 2.93. The molecule has 4 rings (SSSR count). The molecule has 2 heterocycles. The number of para-hydroxylation sites is 1. The van der Waals surface area contributed by atoms with Gasteiger partial charge in [0.15, 0.2) is 4.80 Å². The number of fused-ring (bicyclic) bond motifs is 1. The van der Waals surface area contributed by atoms with Crippen molar-refractivity contribution in [2.45, 2.75) is 31.2 Å². The summed E-state index contributed by atoms with van der Waals surface area (Å²) in [6.45, 7) is 1.87. The van der Waals surface area contributed by atoms with Gasteiger partial charge in [-0.1, -0.05) is 35.6 Å². The van der Waals surface area contributed by atoms with E-state index in [1.165, 1.54) is 27.1 Å². The Morgan fingerprint density at radius 3 is 2.68 bits per heavy atom. The van der Waals surface area contributed by atoms with Gasteiger partial charge in [0.25, 0.3) is 5.91 Å². The van der Waals surface area contributed by atoms with Crippen LogP contribution in [0.2, 0.25) is 0 Å². The average molecular weight is 506 g/mol. The summed E-state index contributed by atoms with van der Waals surface area (Å²) < 4.78 is 48.7. The van der Waals surface area contributed by atoms with E-state index >= 15 is 0 Å². The number of carbonyl (C=O) groups is 2. The summed E-state index contributed by atoms with van der Waals surface area (Å²) in [5.41, 5.74) is 0.170. The van der Waals surface area contributed by atoms with Crippen molar-refractivity contribution >= 4 is 43.5 Å². The zero-order chi connectivity index (χ0) is 24.3. The van der Waals surface area contributed by atoms with Crippen LogP contribution in [0.1, 0.15) is 19.8 Å². The Balaban J connectivity index is 1.65.